The lowest BCUT2D eigenvalue weighted by molar-refractivity contribution is -0.159. The molecule has 4 fully saturated rings. The molecule has 6 rings (SSSR count). The first kappa shape index (κ1) is 17.8. The van der Waals surface area contributed by atoms with Gasteiger partial charge in [-0.15, -0.1) is 11.6 Å². The number of nitriles is 1. The predicted molar refractivity (Wildman–Crippen MR) is 108 cm³/mol. The molecule has 0 amide bonds. The molecular weight excluding hydrogens is 370 g/mol. The summed E-state index contributed by atoms with van der Waals surface area (Å²) in [5.41, 5.74) is 2.31. The molecule has 2 aromatic rings. The van der Waals surface area contributed by atoms with Gasteiger partial charge in [-0.3, -0.25) is 4.79 Å². The topological polar surface area (TPSA) is 50.1 Å². The van der Waals surface area contributed by atoms with E-state index in [1.54, 1.807) is 12.1 Å². The molecule has 4 bridgehead atoms. The lowest BCUT2D eigenvalue weighted by Gasteiger charge is -2.58. The summed E-state index contributed by atoms with van der Waals surface area (Å²) in [5.74, 6) is 1.63. The minimum atomic E-state index is -0.391. The highest BCUT2D eigenvalue weighted by Gasteiger charge is 2.60. The van der Waals surface area contributed by atoms with Crippen LogP contribution in [0, 0.1) is 28.6 Å². The van der Waals surface area contributed by atoms with Crippen molar-refractivity contribution in [3.05, 3.63) is 54.1 Å². The van der Waals surface area contributed by atoms with Gasteiger partial charge in [0.15, 0.2) is 0 Å². The molecule has 4 saturated carbocycles. The van der Waals surface area contributed by atoms with E-state index in [1.807, 2.05) is 36.4 Å². The molecule has 0 aliphatic heterocycles. The first-order valence-corrected chi connectivity index (χ1v) is 10.4. The van der Waals surface area contributed by atoms with Crippen molar-refractivity contribution >= 4 is 17.6 Å². The van der Waals surface area contributed by atoms with Crippen molar-refractivity contribution in [3.8, 4) is 22.9 Å². The van der Waals surface area contributed by atoms with E-state index in [4.69, 9.17) is 21.6 Å². The minimum Gasteiger partial charge on any atom is -0.426 e. The Balaban J connectivity index is 1.32. The second kappa shape index (κ2) is 6.36. The Bertz CT molecular complexity index is 944. The predicted octanol–water partition coefficient (Wildman–Crippen LogP) is 5.71. The zero-order valence-corrected chi connectivity index (χ0v) is 16.4. The SMILES string of the molecule is N#Cc1ccc(-c2ccc(OC(=O)C34C[C@@H]5C[C@@H](CC(Cl)(C5)C3)C4)cc2)cc1. The first-order chi connectivity index (χ1) is 13.5. The van der Waals surface area contributed by atoms with Gasteiger partial charge in [0, 0.05) is 4.87 Å². The largest absolute Gasteiger partial charge is 0.426 e. The van der Waals surface area contributed by atoms with E-state index in [2.05, 4.69) is 6.07 Å². The zero-order valence-electron chi connectivity index (χ0n) is 15.7. The first-order valence-electron chi connectivity index (χ1n) is 9.99. The molecule has 2 aromatic carbocycles. The normalized spacial score (nSPS) is 32.7. The Kier molecular flexibility index (Phi) is 4.03. The number of carbonyl (C=O) groups excluding carboxylic acids is 1. The van der Waals surface area contributed by atoms with Crippen LogP contribution in [0.4, 0.5) is 0 Å². The van der Waals surface area contributed by atoms with Gasteiger partial charge in [-0.2, -0.15) is 5.26 Å². The number of hydrogen-bond donors (Lipinski definition) is 0. The quantitative estimate of drug-likeness (QED) is 0.382. The summed E-state index contributed by atoms with van der Waals surface area (Å²) in [5, 5.41) is 8.92. The van der Waals surface area contributed by atoms with Crippen molar-refractivity contribution in [1.82, 2.24) is 0 Å². The van der Waals surface area contributed by atoms with Crippen LogP contribution in [-0.2, 0) is 4.79 Å². The summed E-state index contributed by atoms with van der Waals surface area (Å²) in [6.07, 6.45) is 5.96. The van der Waals surface area contributed by atoms with Gasteiger partial charge >= 0.3 is 5.97 Å². The zero-order chi connectivity index (χ0) is 19.4. The standard InChI is InChI=1S/C24H22ClNO2/c25-24-12-17-9-18(13-24)11-23(10-17,15-24)22(27)28-21-7-5-20(6-8-21)19-3-1-16(14-26)2-4-19/h1-8,17-18H,9-13,15H2/t17-,18+,23?,24?. The highest BCUT2D eigenvalue weighted by Crippen LogP contribution is 2.64. The highest BCUT2D eigenvalue weighted by atomic mass is 35.5. The number of rotatable bonds is 3. The second-order valence-electron chi connectivity index (χ2n) is 9.00. The number of carbonyl (C=O) groups is 1. The van der Waals surface area contributed by atoms with Crippen molar-refractivity contribution in [2.75, 3.05) is 0 Å². The van der Waals surface area contributed by atoms with Crippen molar-refractivity contribution in [2.24, 2.45) is 17.3 Å². The van der Waals surface area contributed by atoms with Gasteiger partial charge in [0.25, 0.3) is 0 Å². The van der Waals surface area contributed by atoms with Crippen LogP contribution >= 0.6 is 11.6 Å². The van der Waals surface area contributed by atoms with E-state index in [-0.39, 0.29) is 10.8 Å². The Hall–Kier alpha value is -2.31. The molecule has 28 heavy (non-hydrogen) atoms. The molecule has 4 heteroatoms. The molecule has 4 aliphatic rings. The molecular formula is C24H22ClNO2. The number of nitrogens with zero attached hydrogens (tertiary/aromatic N) is 1. The smallest absolute Gasteiger partial charge is 0.317 e. The van der Waals surface area contributed by atoms with E-state index in [0.717, 1.165) is 43.2 Å². The third-order valence-corrected chi connectivity index (χ3v) is 7.28. The average molecular weight is 392 g/mol. The van der Waals surface area contributed by atoms with Crippen LogP contribution in [0.1, 0.15) is 44.1 Å². The van der Waals surface area contributed by atoms with Gasteiger partial charge in [-0.05, 0) is 85.8 Å². The van der Waals surface area contributed by atoms with Gasteiger partial charge in [0.05, 0.1) is 17.0 Å². The van der Waals surface area contributed by atoms with Gasteiger partial charge in [-0.1, -0.05) is 24.3 Å². The molecule has 0 N–H and O–H groups in total. The van der Waals surface area contributed by atoms with Crippen molar-refractivity contribution in [2.45, 2.75) is 43.4 Å². The fourth-order valence-corrected chi connectivity index (χ4v) is 6.75. The third kappa shape index (κ3) is 3.01. The van der Waals surface area contributed by atoms with Gasteiger partial charge in [-0.25, -0.2) is 0 Å². The van der Waals surface area contributed by atoms with Crippen LogP contribution in [0.15, 0.2) is 48.5 Å². The number of hydrogen-bond acceptors (Lipinski definition) is 3. The van der Waals surface area contributed by atoms with Gasteiger partial charge in [0.1, 0.15) is 5.75 Å². The molecule has 0 spiro atoms. The number of alkyl halides is 1. The number of halogens is 1. The van der Waals surface area contributed by atoms with E-state index < -0.39 is 5.41 Å². The number of benzene rings is 2. The Morgan fingerprint density at radius 2 is 1.54 bits per heavy atom. The number of ether oxygens (including phenoxy) is 1. The molecule has 4 aliphatic carbocycles. The van der Waals surface area contributed by atoms with Crippen LogP contribution in [0.3, 0.4) is 0 Å². The maximum absolute atomic E-state index is 13.1. The van der Waals surface area contributed by atoms with Crippen molar-refractivity contribution < 1.29 is 9.53 Å². The third-order valence-electron chi connectivity index (χ3n) is 6.83. The molecule has 0 aromatic heterocycles. The lowest BCUT2D eigenvalue weighted by Crippen LogP contribution is -2.56. The number of esters is 1. The summed E-state index contributed by atoms with van der Waals surface area (Å²) in [7, 11) is 0. The highest BCUT2D eigenvalue weighted by molar-refractivity contribution is 6.24. The summed E-state index contributed by atoms with van der Waals surface area (Å²) >= 11 is 6.85. The minimum absolute atomic E-state index is 0.0993. The van der Waals surface area contributed by atoms with Crippen molar-refractivity contribution in [1.29, 1.82) is 5.26 Å². The maximum Gasteiger partial charge on any atom is 0.317 e. The monoisotopic (exact) mass is 391 g/mol. The van der Waals surface area contributed by atoms with Crippen LogP contribution in [0.25, 0.3) is 11.1 Å². The van der Waals surface area contributed by atoms with Crippen LogP contribution in [0.2, 0.25) is 0 Å². The molecule has 4 atom stereocenters. The fraction of sp³-hybridized carbons (Fsp3) is 0.417. The Morgan fingerprint density at radius 1 is 0.964 bits per heavy atom. The van der Waals surface area contributed by atoms with Crippen LogP contribution < -0.4 is 4.74 Å². The second-order valence-corrected chi connectivity index (χ2v) is 9.80. The molecule has 0 heterocycles. The Morgan fingerprint density at radius 3 is 2.07 bits per heavy atom. The average Bonchev–Trinajstić information content (AvgIpc) is 2.67. The van der Waals surface area contributed by atoms with Crippen molar-refractivity contribution in [3.63, 3.8) is 0 Å². The summed E-state index contributed by atoms with van der Waals surface area (Å²) in [4.78, 5) is 12.9. The fourth-order valence-electron chi connectivity index (χ4n) is 6.06. The maximum atomic E-state index is 13.1. The van der Waals surface area contributed by atoms with E-state index in [1.165, 1.54) is 6.42 Å². The van der Waals surface area contributed by atoms with Gasteiger partial charge < -0.3 is 4.74 Å². The Labute approximate surface area is 170 Å². The molecule has 0 radical (unpaired) electrons. The van der Waals surface area contributed by atoms with Gasteiger partial charge in [0.2, 0.25) is 0 Å². The van der Waals surface area contributed by atoms with E-state index in [9.17, 15) is 4.79 Å². The summed E-state index contributed by atoms with van der Waals surface area (Å²) in [6, 6.07) is 17.2. The van der Waals surface area contributed by atoms with E-state index >= 15 is 0 Å². The van der Waals surface area contributed by atoms with E-state index in [0.29, 0.717) is 23.1 Å². The lowest BCUT2D eigenvalue weighted by atomic mass is 9.49. The summed E-state index contributed by atoms with van der Waals surface area (Å²) < 4.78 is 5.83. The molecule has 0 saturated heterocycles. The molecule has 142 valence electrons. The van der Waals surface area contributed by atoms with Crippen LogP contribution in [0.5, 0.6) is 5.75 Å². The van der Waals surface area contributed by atoms with Crippen LogP contribution in [-0.4, -0.2) is 10.8 Å². The summed E-state index contributed by atoms with van der Waals surface area (Å²) in [6.45, 7) is 0. The molecule has 3 nitrogen and oxygen atoms in total. The molecule has 2 unspecified atom stereocenters.